The largest absolute Gasteiger partial charge is 0.497 e. The monoisotopic (exact) mass is 466 g/mol. The molecule has 1 heterocycles. The quantitative estimate of drug-likeness (QED) is 0.454. The SMILES string of the molecule is COc1ccc(CCC(=O)Nc2ccccc2C(=O)OCC(=O)N(C)Cc2ccsc2)cc1. The van der Waals surface area contributed by atoms with Crippen LogP contribution >= 0.6 is 11.3 Å². The highest BCUT2D eigenvalue weighted by atomic mass is 32.1. The highest BCUT2D eigenvalue weighted by Crippen LogP contribution is 2.18. The van der Waals surface area contributed by atoms with Crippen molar-refractivity contribution >= 4 is 34.8 Å². The number of anilines is 1. The lowest BCUT2D eigenvalue weighted by molar-refractivity contribution is -0.133. The third kappa shape index (κ3) is 7.18. The summed E-state index contributed by atoms with van der Waals surface area (Å²) in [6.45, 7) is 0.0694. The van der Waals surface area contributed by atoms with Crippen LogP contribution in [-0.4, -0.2) is 43.4 Å². The molecule has 172 valence electrons. The number of aryl methyl sites for hydroxylation is 1. The Morgan fingerprint density at radius 3 is 2.45 bits per heavy atom. The second-order valence-electron chi connectivity index (χ2n) is 7.40. The number of esters is 1. The van der Waals surface area contributed by atoms with E-state index in [4.69, 9.17) is 9.47 Å². The summed E-state index contributed by atoms with van der Waals surface area (Å²) in [7, 11) is 3.26. The maximum Gasteiger partial charge on any atom is 0.340 e. The second kappa shape index (κ2) is 11.8. The van der Waals surface area contributed by atoms with E-state index < -0.39 is 5.97 Å². The predicted octanol–water partition coefficient (Wildman–Crippen LogP) is 4.14. The number of hydrogen-bond acceptors (Lipinski definition) is 6. The fourth-order valence-electron chi connectivity index (χ4n) is 3.09. The zero-order valence-electron chi connectivity index (χ0n) is 18.6. The summed E-state index contributed by atoms with van der Waals surface area (Å²) in [5.74, 6) is -0.446. The summed E-state index contributed by atoms with van der Waals surface area (Å²) in [6, 6.07) is 16.0. The summed E-state index contributed by atoms with van der Waals surface area (Å²) in [4.78, 5) is 38.8. The van der Waals surface area contributed by atoms with Gasteiger partial charge in [-0.25, -0.2) is 4.79 Å². The van der Waals surface area contributed by atoms with E-state index in [1.165, 1.54) is 4.90 Å². The van der Waals surface area contributed by atoms with E-state index in [9.17, 15) is 14.4 Å². The third-order valence-corrected chi connectivity index (χ3v) is 5.71. The molecule has 3 rings (SSSR count). The molecule has 7 nitrogen and oxygen atoms in total. The molecule has 2 amide bonds. The molecule has 33 heavy (non-hydrogen) atoms. The van der Waals surface area contributed by atoms with Gasteiger partial charge in [0.25, 0.3) is 5.91 Å². The van der Waals surface area contributed by atoms with Crippen LogP contribution in [0.15, 0.2) is 65.4 Å². The van der Waals surface area contributed by atoms with Gasteiger partial charge in [0.05, 0.1) is 18.4 Å². The summed E-state index contributed by atoms with van der Waals surface area (Å²) < 4.78 is 10.3. The van der Waals surface area contributed by atoms with Crippen molar-refractivity contribution in [3.8, 4) is 5.75 Å². The van der Waals surface area contributed by atoms with Crippen molar-refractivity contribution in [2.45, 2.75) is 19.4 Å². The number of likely N-dealkylation sites (N-methyl/N-ethyl adjacent to an activating group) is 1. The van der Waals surface area contributed by atoms with Crippen LogP contribution in [0.2, 0.25) is 0 Å². The fraction of sp³-hybridized carbons (Fsp3) is 0.240. The topological polar surface area (TPSA) is 84.9 Å². The van der Waals surface area contributed by atoms with Crippen LogP contribution in [0.5, 0.6) is 5.75 Å². The summed E-state index contributed by atoms with van der Waals surface area (Å²) in [5.41, 5.74) is 2.57. The van der Waals surface area contributed by atoms with E-state index in [2.05, 4.69) is 5.32 Å². The Bertz CT molecular complexity index is 1080. The maximum atomic E-state index is 12.6. The smallest absolute Gasteiger partial charge is 0.340 e. The van der Waals surface area contributed by atoms with Gasteiger partial charge < -0.3 is 19.7 Å². The lowest BCUT2D eigenvalue weighted by Gasteiger charge is -2.17. The Morgan fingerprint density at radius 2 is 1.76 bits per heavy atom. The number of benzene rings is 2. The molecule has 1 aromatic heterocycles. The van der Waals surface area contributed by atoms with Gasteiger partial charge >= 0.3 is 5.97 Å². The molecule has 0 aliphatic carbocycles. The zero-order chi connectivity index (χ0) is 23.6. The molecule has 1 N–H and O–H groups in total. The number of nitrogens with zero attached hydrogens (tertiary/aromatic N) is 1. The van der Waals surface area contributed by atoms with E-state index in [1.807, 2.05) is 41.1 Å². The maximum absolute atomic E-state index is 12.6. The van der Waals surface area contributed by atoms with Crippen molar-refractivity contribution in [3.05, 3.63) is 82.0 Å². The van der Waals surface area contributed by atoms with Gasteiger partial charge in [0.2, 0.25) is 5.91 Å². The molecule has 0 spiro atoms. The van der Waals surface area contributed by atoms with Crippen LogP contribution in [0.3, 0.4) is 0 Å². The minimum absolute atomic E-state index is 0.198. The first-order valence-corrected chi connectivity index (χ1v) is 11.3. The number of para-hydroxylation sites is 1. The number of hydrogen-bond donors (Lipinski definition) is 1. The average Bonchev–Trinajstić information content (AvgIpc) is 3.34. The Morgan fingerprint density at radius 1 is 1.00 bits per heavy atom. The summed E-state index contributed by atoms with van der Waals surface area (Å²) in [5, 5.41) is 6.67. The number of carbonyl (C=O) groups excluding carboxylic acids is 3. The van der Waals surface area contributed by atoms with Gasteiger partial charge in [-0.3, -0.25) is 9.59 Å². The van der Waals surface area contributed by atoms with Crippen molar-refractivity contribution in [3.63, 3.8) is 0 Å². The van der Waals surface area contributed by atoms with E-state index in [0.717, 1.165) is 16.9 Å². The molecular weight excluding hydrogens is 440 g/mol. The van der Waals surface area contributed by atoms with Crippen molar-refractivity contribution in [2.75, 3.05) is 26.1 Å². The Kier molecular flexibility index (Phi) is 8.60. The number of amides is 2. The molecule has 0 fully saturated rings. The van der Waals surface area contributed by atoms with Crippen molar-refractivity contribution in [1.82, 2.24) is 4.90 Å². The van der Waals surface area contributed by atoms with Gasteiger partial charge in [-0.05, 0) is 58.6 Å². The van der Waals surface area contributed by atoms with Gasteiger partial charge in [0, 0.05) is 20.0 Å². The molecule has 0 atom stereocenters. The van der Waals surface area contributed by atoms with Crippen LogP contribution in [-0.2, 0) is 27.3 Å². The van der Waals surface area contributed by atoms with Crippen LogP contribution in [0, 0.1) is 0 Å². The predicted molar refractivity (Wildman–Crippen MR) is 127 cm³/mol. The zero-order valence-corrected chi connectivity index (χ0v) is 19.4. The van der Waals surface area contributed by atoms with Gasteiger partial charge in [0.1, 0.15) is 5.75 Å². The standard InChI is InChI=1S/C25H26N2O5S/c1-27(15-19-13-14-33-17-19)24(29)16-32-25(30)21-5-3-4-6-22(21)26-23(28)12-9-18-7-10-20(31-2)11-8-18/h3-8,10-11,13-14,17H,9,12,15-16H2,1-2H3,(H,26,28). The van der Waals surface area contributed by atoms with Crippen LogP contribution in [0.1, 0.15) is 27.9 Å². The van der Waals surface area contributed by atoms with Crippen molar-refractivity contribution in [1.29, 1.82) is 0 Å². The highest BCUT2D eigenvalue weighted by Gasteiger charge is 2.17. The van der Waals surface area contributed by atoms with Gasteiger partial charge in [-0.15, -0.1) is 0 Å². The average molecular weight is 467 g/mol. The molecule has 0 bridgehead atoms. The minimum Gasteiger partial charge on any atom is -0.497 e. The molecule has 2 aromatic carbocycles. The highest BCUT2D eigenvalue weighted by molar-refractivity contribution is 7.07. The first-order chi connectivity index (χ1) is 16.0. The molecule has 0 saturated carbocycles. The summed E-state index contributed by atoms with van der Waals surface area (Å²) in [6.07, 6.45) is 0.801. The molecule has 0 radical (unpaired) electrons. The van der Waals surface area contributed by atoms with Crippen molar-refractivity contribution in [2.24, 2.45) is 0 Å². The fourth-order valence-corrected chi connectivity index (χ4v) is 3.75. The molecular formula is C25H26N2O5S. The number of carbonyl (C=O) groups is 3. The van der Waals surface area contributed by atoms with Crippen LogP contribution in [0.4, 0.5) is 5.69 Å². The van der Waals surface area contributed by atoms with E-state index in [0.29, 0.717) is 18.7 Å². The van der Waals surface area contributed by atoms with Gasteiger partial charge in [-0.1, -0.05) is 24.3 Å². The second-order valence-corrected chi connectivity index (χ2v) is 8.18. The lowest BCUT2D eigenvalue weighted by atomic mass is 10.1. The Labute approximate surface area is 196 Å². The number of nitrogens with one attached hydrogen (secondary N) is 1. The lowest BCUT2D eigenvalue weighted by Crippen LogP contribution is -2.30. The summed E-state index contributed by atoms with van der Waals surface area (Å²) >= 11 is 1.56. The number of rotatable bonds is 10. The normalized spacial score (nSPS) is 10.4. The molecule has 0 saturated heterocycles. The van der Waals surface area contributed by atoms with E-state index in [1.54, 1.807) is 49.8 Å². The van der Waals surface area contributed by atoms with Crippen LogP contribution in [0.25, 0.3) is 0 Å². The van der Waals surface area contributed by atoms with Gasteiger partial charge in [0.15, 0.2) is 6.61 Å². The first kappa shape index (κ1) is 24.0. The number of methoxy groups -OCH3 is 1. The first-order valence-electron chi connectivity index (χ1n) is 10.4. The molecule has 0 aliphatic heterocycles. The Hall–Kier alpha value is -3.65. The molecule has 0 unspecified atom stereocenters. The van der Waals surface area contributed by atoms with E-state index in [-0.39, 0.29) is 30.4 Å². The minimum atomic E-state index is -0.668. The van der Waals surface area contributed by atoms with Crippen molar-refractivity contribution < 1.29 is 23.9 Å². The molecule has 0 aliphatic rings. The number of thiophene rings is 1. The number of ether oxygens (including phenoxy) is 2. The van der Waals surface area contributed by atoms with Crippen LogP contribution < -0.4 is 10.1 Å². The van der Waals surface area contributed by atoms with Gasteiger partial charge in [-0.2, -0.15) is 11.3 Å². The molecule has 8 heteroatoms. The molecule has 3 aromatic rings. The third-order valence-electron chi connectivity index (χ3n) is 4.97. The Balaban J connectivity index is 1.52. The van der Waals surface area contributed by atoms with E-state index >= 15 is 0 Å².